The summed E-state index contributed by atoms with van der Waals surface area (Å²) in [5.74, 6) is 1.30. The Morgan fingerprint density at radius 3 is 2.71 bits per heavy atom. The number of rotatable bonds is 4. The summed E-state index contributed by atoms with van der Waals surface area (Å²) < 4.78 is 3.55. The number of thioether (sulfide) groups is 1. The second-order valence-electron chi connectivity index (χ2n) is 6.34. The molecule has 0 unspecified atom stereocenters. The fourth-order valence-electron chi connectivity index (χ4n) is 2.93. The highest BCUT2D eigenvalue weighted by Gasteiger charge is 2.26. The van der Waals surface area contributed by atoms with E-state index in [1.807, 2.05) is 36.9 Å². The molecular formula is C17H19N5OS. The minimum Gasteiger partial charge on any atom is -0.267 e. The van der Waals surface area contributed by atoms with Crippen LogP contribution in [-0.2, 0) is 0 Å². The van der Waals surface area contributed by atoms with Crippen molar-refractivity contribution in [3.8, 4) is 5.82 Å². The summed E-state index contributed by atoms with van der Waals surface area (Å²) in [6.45, 7) is 3.98. The normalized spacial score (nSPS) is 14.7. The van der Waals surface area contributed by atoms with Gasteiger partial charge in [0.15, 0.2) is 16.6 Å². The van der Waals surface area contributed by atoms with E-state index >= 15 is 0 Å². The van der Waals surface area contributed by atoms with Gasteiger partial charge < -0.3 is 0 Å². The van der Waals surface area contributed by atoms with Crippen LogP contribution in [-0.4, -0.2) is 30.6 Å². The predicted octanol–water partition coefficient (Wildman–Crippen LogP) is 3.16. The highest BCUT2D eigenvalue weighted by atomic mass is 32.2. The molecule has 0 N–H and O–H groups in total. The van der Waals surface area contributed by atoms with Crippen molar-refractivity contribution in [1.29, 1.82) is 0 Å². The molecule has 7 heteroatoms. The van der Waals surface area contributed by atoms with Gasteiger partial charge >= 0.3 is 0 Å². The van der Waals surface area contributed by atoms with Crippen LogP contribution in [0.1, 0.15) is 44.3 Å². The minimum atomic E-state index is -0.0775. The molecule has 3 heterocycles. The summed E-state index contributed by atoms with van der Waals surface area (Å²) in [6, 6.07) is 6.00. The lowest BCUT2D eigenvalue weighted by Crippen LogP contribution is -2.24. The van der Waals surface area contributed by atoms with Crippen LogP contribution in [0, 0.1) is 0 Å². The van der Waals surface area contributed by atoms with Crippen LogP contribution >= 0.6 is 11.8 Å². The van der Waals surface area contributed by atoms with Crippen LogP contribution < -0.4 is 5.56 Å². The van der Waals surface area contributed by atoms with Gasteiger partial charge in [-0.3, -0.25) is 4.79 Å². The number of fused-ring (bicyclic) bond motifs is 1. The van der Waals surface area contributed by atoms with E-state index in [9.17, 15) is 4.79 Å². The number of hydrogen-bond donors (Lipinski definition) is 0. The zero-order valence-corrected chi connectivity index (χ0v) is 14.7. The molecule has 0 radical (unpaired) electrons. The third kappa shape index (κ3) is 2.43. The van der Waals surface area contributed by atoms with Crippen molar-refractivity contribution in [2.75, 3.05) is 6.26 Å². The van der Waals surface area contributed by atoms with Crippen molar-refractivity contribution in [3.63, 3.8) is 0 Å². The van der Waals surface area contributed by atoms with Gasteiger partial charge in [0.05, 0.1) is 0 Å². The molecule has 0 spiro atoms. The lowest BCUT2D eigenvalue weighted by atomic mass is 10.2. The molecule has 1 aliphatic rings. The average Bonchev–Trinajstić information content (AvgIpc) is 3.39. The maximum absolute atomic E-state index is 12.8. The largest absolute Gasteiger partial charge is 0.278 e. The monoisotopic (exact) mass is 341 g/mol. The summed E-state index contributed by atoms with van der Waals surface area (Å²) in [5, 5.41) is 1.18. The third-order valence-electron chi connectivity index (χ3n) is 4.24. The molecule has 1 fully saturated rings. The molecular weight excluding hydrogens is 322 g/mol. The first-order chi connectivity index (χ1) is 11.6. The number of nitrogens with zero attached hydrogens (tertiary/aromatic N) is 5. The molecule has 1 aliphatic carbocycles. The van der Waals surface area contributed by atoms with Crippen LogP contribution in [0.25, 0.3) is 16.9 Å². The van der Waals surface area contributed by atoms with Crippen molar-refractivity contribution >= 4 is 22.8 Å². The van der Waals surface area contributed by atoms with Gasteiger partial charge in [0.2, 0.25) is 0 Å². The van der Waals surface area contributed by atoms with Crippen LogP contribution in [0.5, 0.6) is 0 Å². The van der Waals surface area contributed by atoms with Crippen molar-refractivity contribution < 1.29 is 0 Å². The zero-order valence-electron chi connectivity index (χ0n) is 13.9. The molecule has 0 bridgehead atoms. The number of hydrogen-bond acceptors (Lipinski definition) is 5. The predicted molar refractivity (Wildman–Crippen MR) is 95.1 cm³/mol. The van der Waals surface area contributed by atoms with Gasteiger partial charge in [-0.2, -0.15) is 0 Å². The Labute approximate surface area is 143 Å². The van der Waals surface area contributed by atoms with E-state index in [1.165, 1.54) is 24.6 Å². The van der Waals surface area contributed by atoms with Crippen LogP contribution in [0.15, 0.2) is 34.3 Å². The lowest BCUT2D eigenvalue weighted by Gasteiger charge is -2.15. The van der Waals surface area contributed by atoms with E-state index in [-0.39, 0.29) is 11.6 Å². The Kier molecular flexibility index (Phi) is 3.68. The van der Waals surface area contributed by atoms with Crippen LogP contribution in [0.2, 0.25) is 0 Å². The number of pyridine rings is 1. The molecule has 0 aromatic carbocycles. The van der Waals surface area contributed by atoms with Crippen LogP contribution in [0.4, 0.5) is 0 Å². The first kappa shape index (κ1) is 15.4. The summed E-state index contributed by atoms with van der Waals surface area (Å²) in [5.41, 5.74) is 1.64. The van der Waals surface area contributed by atoms with E-state index in [0.717, 1.165) is 11.5 Å². The molecule has 124 valence electrons. The Morgan fingerprint density at radius 1 is 1.25 bits per heavy atom. The van der Waals surface area contributed by atoms with Crippen molar-refractivity contribution in [2.45, 2.75) is 43.8 Å². The second-order valence-corrected chi connectivity index (χ2v) is 7.12. The van der Waals surface area contributed by atoms with E-state index in [0.29, 0.717) is 22.1 Å². The molecule has 0 saturated heterocycles. The topological polar surface area (TPSA) is 65.6 Å². The zero-order chi connectivity index (χ0) is 16.8. The van der Waals surface area contributed by atoms with Crippen molar-refractivity contribution in [1.82, 2.24) is 24.3 Å². The summed E-state index contributed by atoms with van der Waals surface area (Å²) in [7, 11) is 0. The fraction of sp³-hybridized carbons (Fsp3) is 0.412. The smallest absolute Gasteiger partial charge is 0.267 e. The Bertz CT molecular complexity index is 971. The van der Waals surface area contributed by atoms with Gasteiger partial charge in [-0.1, -0.05) is 17.8 Å². The lowest BCUT2D eigenvalue weighted by molar-refractivity contribution is 0.471. The molecule has 3 aromatic rings. The van der Waals surface area contributed by atoms with Gasteiger partial charge in [0.25, 0.3) is 5.56 Å². The van der Waals surface area contributed by atoms with Crippen molar-refractivity contribution in [3.05, 3.63) is 40.4 Å². The van der Waals surface area contributed by atoms with Gasteiger partial charge in [-0.25, -0.2) is 24.3 Å². The quantitative estimate of drug-likeness (QED) is 0.539. The number of aromatic nitrogens is 5. The maximum atomic E-state index is 12.8. The standard InChI is InChI=1S/C17H19N5OS/c1-10(2)21-16(23)12-9-18-17(24-3)20-15(12)22(21)14-6-4-5-13(19-14)11-7-8-11/h4-6,9-11H,7-8H2,1-3H3. The minimum absolute atomic E-state index is 0.00388. The maximum Gasteiger partial charge on any atom is 0.278 e. The molecule has 0 aliphatic heterocycles. The van der Waals surface area contributed by atoms with Gasteiger partial charge in [0, 0.05) is 23.9 Å². The molecule has 6 nitrogen and oxygen atoms in total. The van der Waals surface area contributed by atoms with Gasteiger partial charge in [-0.15, -0.1) is 0 Å². The Hall–Kier alpha value is -2.15. The second kappa shape index (κ2) is 5.73. The Balaban J connectivity index is 2.03. The average molecular weight is 341 g/mol. The fourth-order valence-corrected chi connectivity index (χ4v) is 3.27. The Morgan fingerprint density at radius 2 is 2.04 bits per heavy atom. The summed E-state index contributed by atoms with van der Waals surface area (Å²) in [4.78, 5) is 26.5. The third-order valence-corrected chi connectivity index (χ3v) is 4.80. The molecule has 0 atom stereocenters. The first-order valence-corrected chi connectivity index (χ1v) is 9.34. The van der Waals surface area contributed by atoms with Crippen molar-refractivity contribution in [2.24, 2.45) is 0 Å². The highest BCUT2D eigenvalue weighted by molar-refractivity contribution is 7.98. The van der Waals surface area contributed by atoms with E-state index in [2.05, 4.69) is 16.0 Å². The molecule has 24 heavy (non-hydrogen) atoms. The molecule has 3 aromatic heterocycles. The summed E-state index contributed by atoms with van der Waals surface area (Å²) in [6.07, 6.45) is 5.93. The SMILES string of the molecule is CSc1ncc2c(=O)n(C(C)C)n(-c3cccc(C4CC4)n3)c2n1. The van der Waals surface area contributed by atoms with Gasteiger partial charge in [0.1, 0.15) is 5.39 Å². The molecule has 0 amide bonds. The molecule has 1 saturated carbocycles. The van der Waals surface area contributed by atoms with E-state index < -0.39 is 0 Å². The van der Waals surface area contributed by atoms with Crippen LogP contribution in [0.3, 0.4) is 0 Å². The molecule has 4 rings (SSSR count). The highest BCUT2D eigenvalue weighted by Crippen LogP contribution is 2.39. The first-order valence-electron chi connectivity index (χ1n) is 8.11. The van der Waals surface area contributed by atoms with Gasteiger partial charge in [-0.05, 0) is 45.1 Å². The van der Waals surface area contributed by atoms with E-state index in [4.69, 9.17) is 4.98 Å². The van der Waals surface area contributed by atoms with E-state index in [1.54, 1.807) is 10.9 Å². The summed E-state index contributed by atoms with van der Waals surface area (Å²) >= 11 is 1.46.